The van der Waals surface area contributed by atoms with Crippen LogP contribution in [0.25, 0.3) is 0 Å². The highest BCUT2D eigenvalue weighted by atomic mass is 16.5. The highest BCUT2D eigenvalue weighted by Gasteiger charge is 2.24. The summed E-state index contributed by atoms with van der Waals surface area (Å²) in [6.45, 7) is 2.78. The lowest BCUT2D eigenvalue weighted by Crippen LogP contribution is -2.21. The standard InChI is InChI=1S/C11H19N3O2/c15-4-6-16-5-3-12-7-11-8-13-9-14(11)10-1-2-10/h8-10,12,15H,1-7H2. The van der Waals surface area contributed by atoms with Crippen LogP contribution in [0, 0.1) is 0 Å². The third-order valence-corrected chi connectivity index (χ3v) is 2.65. The molecular weight excluding hydrogens is 206 g/mol. The van der Waals surface area contributed by atoms with Crippen molar-refractivity contribution < 1.29 is 9.84 Å². The predicted molar refractivity (Wildman–Crippen MR) is 60.1 cm³/mol. The van der Waals surface area contributed by atoms with Crippen LogP contribution in [-0.4, -0.2) is 41.0 Å². The molecule has 1 aliphatic rings. The second-order valence-corrected chi connectivity index (χ2v) is 4.04. The Morgan fingerprint density at radius 3 is 3.12 bits per heavy atom. The fraction of sp³-hybridized carbons (Fsp3) is 0.727. The van der Waals surface area contributed by atoms with Gasteiger partial charge in [-0.1, -0.05) is 0 Å². The molecule has 2 rings (SSSR count). The van der Waals surface area contributed by atoms with Crippen LogP contribution in [0.2, 0.25) is 0 Å². The van der Waals surface area contributed by atoms with E-state index in [0.717, 1.165) is 13.1 Å². The maximum Gasteiger partial charge on any atom is 0.0951 e. The molecule has 2 N–H and O–H groups in total. The minimum Gasteiger partial charge on any atom is -0.394 e. The van der Waals surface area contributed by atoms with Gasteiger partial charge in [-0.25, -0.2) is 4.98 Å². The molecule has 0 aromatic carbocycles. The smallest absolute Gasteiger partial charge is 0.0951 e. The first-order chi connectivity index (χ1) is 7.92. The van der Waals surface area contributed by atoms with Gasteiger partial charge in [-0.05, 0) is 12.8 Å². The first-order valence-corrected chi connectivity index (χ1v) is 5.82. The van der Waals surface area contributed by atoms with Gasteiger partial charge in [0.15, 0.2) is 0 Å². The summed E-state index contributed by atoms with van der Waals surface area (Å²) < 4.78 is 7.41. The van der Waals surface area contributed by atoms with Crippen molar-refractivity contribution in [1.29, 1.82) is 0 Å². The topological polar surface area (TPSA) is 59.3 Å². The minimum absolute atomic E-state index is 0.0917. The zero-order valence-electron chi connectivity index (χ0n) is 9.43. The quantitative estimate of drug-likeness (QED) is 0.625. The van der Waals surface area contributed by atoms with Gasteiger partial charge in [0.05, 0.1) is 31.8 Å². The third-order valence-electron chi connectivity index (χ3n) is 2.65. The summed E-state index contributed by atoms with van der Waals surface area (Å²) in [5, 5.41) is 11.8. The maximum absolute atomic E-state index is 8.52. The summed E-state index contributed by atoms with van der Waals surface area (Å²) >= 11 is 0. The van der Waals surface area contributed by atoms with Crippen LogP contribution >= 0.6 is 0 Å². The number of hydrogen-bond donors (Lipinski definition) is 2. The average Bonchev–Trinajstić information content (AvgIpc) is 3.04. The number of aliphatic hydroxyl groups is 1. The molecule has 90 valence electrons. The Labute approximate surface area is 95.4 Å². The van der Waals surface area contributed by atoms with Crippen molar-refractivity contribution in [3.63, 3.8) is 0 Å². The number of aliphatic hydroxyl groups excluding tert-OH is 1. The molecule has 1 heterocycles. The maximum atomic E-state index is 8.52. The molecule has 0 bridgehead atoms. The van der Waals surface area contributed by atoms with Crippen molar-refractivity contribution in [2.45, 2.75) is 25.4 Å². The van der Waals surface area contributed by atoms with Crippen molar-refractivity contribution in [2.75, 3.05) is 26.4 Å². The van der Waals surface area contributed by atoms with E-state index in [-0.39, 0.29) is 6.61 Å². The third kappa shape index (κ3) is 3.30. The number of aromatic nitrogens is 2. The van der Waals surface area contributed by atoms with Crippen LogP contribution in [0.5, 0.6) is 0 Å². The second-order valence-electron chi connectivity index (χ2n) is 4.04. The fourth-order valence-corrected chi connectivity index (χ4v) is 1.68. The summed E-state index contributed by atoms with van der Waals surface area (Å²) in [7, 11) is 0. The van der Waals surface area contributed by atoms with E-state index < -0.39 is 0 Å². The Bertz CT molecular complexity index is 310. The Balaban J connectivity index is 1.63. The lowest BCUT2D eigenvalue weighted by molar-refractivity contribution is 0.0937. The molecule has 16 heavy (non-hydrogen) atoms. The Hall–Kier alpha value is -0.910. The zero-order chi connectivity index (χ0) is 11.2. The van der Waals surface area contributed by atoms with Gasteiger partial charge in [0.1, 0.15) is 0 Å². The minimum atomic E-state index is 0.0917. The number of hydrogen-bond acceptors (Lipinski definition) is 4. The van der Waals surface area contributed by atoms with Gasteiger partial charge >= 0.3 is 0 Å². The lowest BCUT2D eigenvalue weighted by atomic mass is 10.4. The van der Waals surface area contributed by atoms with Crippen LogP contribution < -0.4 is 5.32 Å². The first-order valence-electron chi connectivity index (χ1n) is 5.82. The molecule has 1 aromatic rings. The molecule has 1 aliphatic carbocycles. The van der Waals surface area contributed by atoms with Gasteiger partial charge in [0, 0.05) is 25.3 Å². The van der Waals surface area contributed by atoms with Crippen molar-refractivity contribution in [2.24, 2.45) is 0 Å². The number of nitrogens with zero attached hydrogens (tertiary/aromatic N) is 2. The molecule has 0 unspecified atom stereocenters. The van der Waals surface area contributed by atoms with Gasteiger partial charge in [-0.2, -0.15) is 0 Å². The van der Waals surface area contributed by atoms with Crippen LogP contribution in [0.3, 0.4) is 0 Å². The van der Waals surface area contributed by atoms with Gasteiger partial charge in [-0.3, -0.25) is 0 Å². The molecule has 0 aliphatic heterocycles. The van der Waals surface area contributed by atoms with E-state index in [0.29, 0.717) is 19.3 Å². The molecule has 5 nitrogen and oxygen atoms in total. The van der Waals surface area contributed by atoms with E-state index in [1.807, 2.05) is 12.5 Å². The van der Waals surface area contributed by atoms with Crippen LogP contribution in [-0.2, 0) is 11.3 Å². The molecule has 1 aromatic heterocycles. The van der Waals surface area contributed by atoms with Crippen LogP contribution in [0.1, 0.15) is 24.6 Å². The number of ether oxygens (including phenoxy) is 1. The summed E-state index contributed by atoms with van der Waals surface area (Å²) in [6, 6.07) is 0.685. The van der Waals surface area contributed by atoms with Crippen molar-refractivity contribution in [1.82, 2.24) is 14.9 Å². The lowest BCUT2D eigenvalue weighted by Gasteiger charge is -2.08. The van der Waals surface area contributed by atoms with Crippen LogP contribution in [0.4, 0.5) is 0 Å². The first kappa shape index (κ1) is 11.6. The second kappa shape index (κ2) is 5.98. The Morgan fingerprint density at radius 2 is 2.38 bits per heavy atom. The van der Waals surface area contributed by atoms with Crippen molar-refractivity contribution in [3.8, 4) is 0 Å². The SMILES string of the molecule is OCCOCCNCc1cncn1C1CC1. The van der Waals surface area contributed by atoms with E-state index in [4.69, 9.17) is 9.84 Å². The summed E-state index contributed by atoms with van der Waals surface area (Å²) in [5.41, 5.74) is 1.24. The zero-order valence-corrected chi connectivity index (χ0v) is 9.43. The molecular formula is C11H19N3O2. The molecule has 5 heteroatoms. The average molecular weight is 225 g/mol. The van der Waals surface area contributed by atoms with E-state index in [1.54, 1.807) is 0 Å². The number of rotatable bonds is 8. The summed E-state index contributed by atoms with van der Waals surface area (Å²) in [4.78, 5) is 4.17. The number of nitrogens with one attached hydrogen (secondary N) is 1. The Morgan fingerprint density at radius 1 is 1.50 bits per heavy atom. The van der Waals surface area contributed by atoms with E-state index >= 15 is 0 Å². The van der Waals surface area contributed by atoms with Gasteiger partial charge in [0.25, 0.3) is 0 Å². The highest BCUT2D eigenvalue weighted by Crippen LogP contribution is 2.35. The molecule has 0 amide bonds. The highest BCUT2D eigenvalue weighted by molar-refractivity contribution is 5.03. The molecule has 0 atom stereocenters. The summed E-state index contributed by atoms with van der Waals surface area (Å²) in [5.74, 6) is 0. The van der Waals surface area contributed by atoms with E-state index in [9.17, 15) is 0 Å². The van der Waals surface area contributed by atoms with Gasteiger partial charge in [-0.15, -0.1) is 0 Å². The number of imidazole rings is 1. The molecule has 1 fully saturated rings. The molecule has 1 saturated carbocycles. The molecule has 0 spiro atoms. The largest absolute Gasteiger partial charge is 0.394 e. The van der Waals surface area contributed by atoms with Gasteiger partial charge < -0.3 is 19.7 Å². The van der Waals surface area contributed by atoms with E-state index in [2.05, 4.69) is 14.9 Å². The van der Waals surface area contributed by atoms with E-state index in [1.165, 1.54) is 18.5 Å². The van der Waals surface area contributed by atoms with Crippen molar-refractivity contribution >= 4 is 0 Å². The van der Waals surface area contributed by atoms with Crippen molar-refractivity contribution in [3.05, 3.63) is 18.2 Å². The Kier molecular flexibility index (Phi) is 4.33. The fourth-order valence-electron chi connectivity index (χ4n) is 1.68. The van der Waals surface area contributed by atoms with Gasteiger partial charge in [0.2, 0.25) is 0 Å². The molecule has 0 saturated heterocycles. The monoisotopic (exact) mass is 225 g/mol. The normalized spacial score (nSPS) is 15.6. The molecule has 0 radical (unpaired) electrons. The predicted octanol–water partition coefficient (Wildman–Crippen LogP) is 0.316. The van der Waals surface area contributed by atoms with Crippen LogP contribution in [0.15, 0.2) is 12.5 Å². The summed E-state index contributed by atoms with van der Waals surface area (Å²) in [6.07, 6.45) is 6.39.